The number of H-pyrrole nitrogens is 1. The Labute approximate surface area is 177 Å². The fraction of sp³-hybridized carbons (Fsp3) is 0.391. The second-order valence-electron chi connectivity index (χ2n) is 8.54. The highest BCUT2D eigenvalue weighted by Gasteiger charge is 2.58. The summed E-state index contributed by atoms with van der Waals surface area (Å²) in [6.45, 7) is 1.63. The number of hydrogen-bond donors (Lipinski definition) is 2. The number of pyridine rings is 1. The van der Waals surface area contributed by atoms with Crippen LogP contribution in [0.5, 0.6) is 0 Å². The third kappa shape index (κ3) is 4.35. The van der Waals surface area contributed by atoms with Crippen LogP contribution < -0.4 is 0 Å². The van der Waals surface area contributed by atoms with E-state index in [1.54, 1.807) is 37.3 Å². The van der Waals surface area contributed by atoms with Crippen molar-refractivity contribution in [2.75, 3.05) is 0 Å². The quantitative estimate of drug-likeness (QED) is 0.516. The van der Waals surface area contributed by atoms with Crippen LogP contribution in [-0.4, -0.2) is 26.2 Å². The molecule has 2 N–H and O–H groups in total. The standard InChI is InChI=1S/C23H23F4N3O/c1-21(31,16-5-3-15(4-6-16)19-8-7-17(24)13-28-19)12-20-29-14-18(30-20)11-22(9-2-10-22)23(25,26)27/h3-8,13-14,31H,2,9-12H2,1H3,(H,29,30). The summed E-state index contributed by atoms with van der Waals surface area (Å²) >= 11 is 0. The summed E-state index contributed by atoms with van der Waals surface area (Å²) in [5.41, 5.74) is -0.577. The molecular weight excluding hydrogens is 410 g/mol. The number of imidazole rings is 1. The second kappa shape index (κ2) is 7.75. The average Bonchev–Trinajstić information content (AvgIpc) is 3.10. The lowest BCUT2D eigenvalue weighted by molar-refractivity contribution is -0.250. The molecule has 0 aliphatic heterocycles. The summed E-state index contributed by atoms with van der Waals surface area (Å²) in [7, 11) is 0. The number of aromatic nitrogens is 3. The van der Waals surface area contributed by atoms with E-state index in [1.165, 1.54) is 12.3 Å². The fourth-order valence-electron chi connectivity index (χ4n) is 4.07. The second-order valence-corrected chi connectivity index (χ2v) is 8.54. The summed E-state index contributed by atoms with van der Waals surface area (Å²) in [5.74, 6) is 0.0144. The van der Waals surface area contributed by atoms with E-state index in [4.69, 9.17) is 0 Å². The van der Waals surface area contributed by atoms with Crippen LogP contribution in [0.4, 0.5) is 17.6 Å². The molecule has 3 aromatic rings. The molecule has 8 heteroatoms. The van der Waals surface area contributed by atoms with Gasteiger partial charge in [-0.25, -0.2) is 9.37 Å². The predicted octanol–water partition coefficient (Wildman–Crippen LogP) is 5.34. The van der Waals surface area contributed by atoms with E-state index in [1.807, 2.05) is 0 Å². The van der Waals surface area contributed by atoms with Crippen molar-refractivity contribution in [3.63, 3.8) is 0 Å². The minimum Gasteiger partial charge on any atom is -0.385 e. The lowest BCUT2D eigenvalue weighted by atomic mass is 9.65. The number of benzene rings is 1. The van der Waals surface area contributed by atoms with E-state index in [-0.39, 0.29) is 25.7 Å². The Morgan fingerprint density at radius 1 is 1.10 bits per heavy atom. The smallest absolute Gasteiger partial charge is 0.385 e. The number of aromatic amines is 1. The van der Waals surface area contributed by atoms with Gasteiger partial charge in [0.1, 0.15) is 11.6 Å². The largest absolute Gasteiger partial charge is 0.394 e. The number of aliphatic hydroxyl groups is 1. The zero-order valence-corrected chi connectivity index (χ0v) is 17.0. The maximum atomic E-state index is 13.4. The van der Waals surface area contributed by atoms with E-state index < -0.39 is 23.0 Å². The minimum absolute atomic E-state index is 0.125. The van der Waals surface area contributed by atoms with Crippen LogP contribution in [0.1, 0.15) is 43.3 Å². The molecule has 4 rings (SSSR count). The van der Waals surface area contributed by atoms with Gasteiger partial charge in [0.2, 0.25) is 0 Å². The highest BCUT2D eigenvalue weighted by Crippen LogP contribution is 2.54. The zero-order chi connectivity index (χ0) is 22.3. The summed E-state index contributed by atoms with van der Waals surface area (Å²) in [6, 6.07) is 9.95. The third-order valence-corrected chi connectivity index (χ3v) is 6.16. The Morgan fingerprint density at radius 3 is 2.35 bits per heavy atom. The molecule has 0 amide bonds. The Bertz CT molecular complexity index is 1040. The number of halogens is 4. The maximum absolute atomic E-state index is 13.4. The van der Waals surface area contributed by atoms with Crippen LogP contribution in [0.2, 0.25) is 0 Å². The van der Waals surface area contributed by atoms with Gasteiger partial charge in [-0.3, -0.25) is 4.98 Å². The molecule has 0 bridgehead atoms. The van der Waals surface area contributed by atoms with Gasteiger partial charge in [0.15, 0.2) is 0 Å². The van der Waals surface area contributed by atoms with Gasteiger partial charge in [-0.1, -0.05) is 30.7 Å². The Kier molecular flexibility index (Phi) is 5.37. The highest BCUT2D eigenvalue weighted by atomic mass is 19.4. The Morgan fingerprint density at radius 2 is 1.81 bits per heavy atom. The van der Waals surface area contributed by atoms with Crippen molar-refractivity contribution in [2.24, 2.45) is 5.41 Å². The van der Waals surface area contributed by atoms with Crippen LogP contribution in [0.15, 0.2) is 48.8 Å². The van der Waals surface area contributed by atoms with Gasteiger partial charge in [-0.2, -0.15) is 13.2 Å². The van der Waals surface area contributed by atoms with E-state index >= 15 is 0 Å². The van der Waals surface area contributed by atoms with Gasteiger partial charge >= 0.3 is 6.18 Å². The van der Waals surface area contributed by atoms with Crippen LogP contribution in [-0.2, 0) is 18.4 Å². The van der Waals surface area contributed by atoms with Gasteiger partial charge in [-0.15, -0.1) is 0 Å². The SMILES string of the molecule is CC(O)(Cc1nc(CC2(C(F)(F)F)CCC2)c[nH]1)c1ccc(-c2ccc(F)cn2)cc1. The molecule has 1 aliphatic carbocycles. The van der Waals surface area contributed by atoms with Gasteiger partial charge < -0.3 is 10.1 Å². The summed E-state index contributed by atoms with van der Waals surface area (Å²) in [4.78, 5) is 11.3. The van der Waals surface area contributed by atoms with Crippen LogP contribution in [0.25, 0.3) is 11.3 Å². The molecule has 1 aromatic carbocycles. The van der Waals surface area contributed by atoms with Crippen molar-refractivity contribution in [2.45, 2.75) is 50.8 Å². The number of nitrogens with one attached hydrogen (secondary N) is 1. The van der Waals surface area contributed by atoms with Crippen molar-refractivity contribution >= 4 is 0 Å². The Hall–Kier alpha value is -2.74. The van der Waals surface area contributed by atoms with Crippen molar-refractivity contribution in [3.8, 4) is 11.3 Å². The van der Waals surface area contributed by atoms with Crippen molar-refractivity contribution < 1.29 is 22.7 Å². The topological polar surface area (TPSA) is 61.8 Å². The molecule has 2 heterocycles. The molecule has 164 valence electrons. The van der Waals surface area contributed by atoms with E-state index in [2.05, 4.69) is 15.0 Å². The first-order valence-corrected chi connectivity index (χ1v) is 10.1. The lowest BCUT2D eigenvalue weighted by Gasteiger charge is -2.42. The average molecular weight is 433 g/mol. The summed E-state index contributed by atoms with van der Waals surface area (Å²) < 4.78 is 53.3. The third-order valence-electron chi connectivity index (χ3n) is 6.16. The van der Waals surface area contributed by atoms with Gasteiger partial charge in [0, 0.05) is 24.6 Å². The normalized spacial score (nSPS) is 17.7. The van der Waals surface area contributed by atoms with Crippen molar-refractivity contribution in [3.05, 3.63) is 71.7 Å². The molecule has 0 radical (unpaired) electrons. The summed E-state index contributed by atoms with van der Waals surface area (Å²) in [6.07, 6.45) is -0.779. The molecule has 0 saturated heterocycles. The number of rotatable bonds is 6. The Balaban J connectivity index is 1.46. The molecule has 1 atom stereocenters. The zero-order valence-electron chi connectivity index (χ0n) is 17.0. The first kappa shape index (κ1) is 21.5. The highest BCUT2D eigenvalue weighted by molar-refractivity contribution is 5.59. The number of alkyl halides is 3. The van der Waals surface area contributed by atoms with Crippen LogP contribution in [0, 0.1) is 11.2 Å². The van der Waals surface area contributed by atoms with Crippen LogP contribution in [0.3, 0.4) is 0 Å². The fourth-order valence-corrected chi connectivity index (χ4v) is 4.07. The molecule has 31 heavy (non-hydrogen) atoms. The number of hydrogen-bond acceptors (Lipinski definition) is 3. The molecule has 1 saturated carbocycles. The molecule has 1 aliphatic rings. The van der Waals surface area contributed by atoms with Crippen LogP contribution >= 0.6 is 0 Å². The molecule has 1 unspecified atom stereocenters. The molecular formula is C23H23F4N3O. The maximum Gasteiger partial charge on any atom is 0.394 e. The van der Waals surface area contributed by atoms with E-state index in [0.717, 1.165) is 11.8 Å². The van der Waals surface area contributed by atoms with Gasteiger partial charge in [0.25, 0.3) is 0 Å². The molecule has 0 spiro atoms. The summed E-state index contributed by atoms with van der Waals surface area (Å²) in [5, 5.41) is 11.0. The van der Waals surface area contributed by atoms with E-state index in [0.29, 0.717) is 29.2 Å². The first-order valence-electron chi connectivity index (χ1n) is 10.1. The molecule has 2 aromatic heterocycles. The number of nitrogens with zero attached hydrogens (tertiary/aromatic N) is 2. The lowest BCUT2D eigenvalue weighted by Crippen LogP contribution is -2.45. The van der Waals surface area contributed by atoms with Crippen molar-refractivity contribution in [1.82, 2.24) is 15.0 Å². The minimum atomic E-state index is -4.24. The molecule has 1 fully saturated rings. The molecule has 4 nitrogen and oxygen atoms in total. The van der Waals surface area contributed by atoms with Crippen molar-refractivity contribution in [1.29, 1.82) is 0 Å². The first-order chi connectivity index (χ1) is 14.6. The van der Waals surface area contributed by atoms with Gasteiger partial charge in [0.05, 0.1) is 28.6 Å². The van der Waals surface area contributed by atoms with E-state index in [9.17, 15) is 22.7 Å². The predicted molar refractivity (Wildman–Crippen MR) is 108 cm³/mol. The van der Waals surface area contributed by atoms with Gasteiger partial charge in [-0.05, 0) is 37.5 Å². The monoisotopic (exact) mass is 433 g/mol.